The van der Waals surface area contributed by atoms with Crippen LogP contribution in [0.25, 0.3) is 0 Å². The van der Waals surface area contributed by atoms with Gasteiger partial charge in [-0.3, -0.25) is 9.69 Å². The van der Waals surface area contributed by atoms with Gasteiger partial charge in [-0.25, -0.2) is 4.99 Å². The number of hydrogen-bond donors (Lipinski definition) is 2. The Morgan fingerprint density at radius 1 is 1.03 bits per heavy atom. The van der Waals surface area contributed by atoms with Crippen LogP contribution >= 0.6 is 0 Å². The van der Waals surface area contributed by atoms with E-state index in [-0.39, 0.29) is 5.91 Å². The number of morpholine rings is 1. The van der Waals surface area contributed by atoms with Crippen molar-refractivity contribution in [2.24, 2.45) is 4.99 Å². The van der Waals surface area contributed by atoms with Gasteiger partial charge >= 0.3 is 0 Å². The summed E-state index contributed by atoms with van der Waals surface area (Å²) in [6.07, 6.45) is 3.46. The number of hydrogen-bond acceptors (Lipinski definition) is 4. The monoisotopic (exact) mass is 401 g/mol. The molecule has 2 aliphatic rings. The van der Waals surface area contributed by atoms with Crippen LogP contribution < -0.4 is 10.6 Å². The molecule has 0 radical (unpaired) electrons. The van der Waals surface area contributed by atoms with E-state index < -0.39 is 0 Å². The zero-order valence-corrected chi connectivity index (χ0v) is 17.7. The molecule has 7 nitrogen and oxygen atoms in total. The number of rotatable bonds is 7. The number of ether oxygens (including phenoxy) is 1. The topological polar surface area (TPSA) is 69.2 Å². The molecule has 2 aliphatic heterocycles. The van der Waals surface area contributed by atoms with Crippen LogP contribution in [0.5, 0.6) is 0 Å². The summed E-state index contributed by atoms with van der Waals surface area (Å²) in [5, 5.41) is 6.70. The normalized spacial score (nSPS) is 18.5. The number of piperidine rings is 1. The fourth-order valence-electron chi connectivity index (χ4n) is 3.70. The molecule has 2 saturated heterocycles. The van der Waals surface area contributed by atoms with E-state index in [1.54, 1.807) is 0 Å². The van der Waals surface area contributed by atoms with Gasteiger partial charge in [-0.2, -0.15) is 0 Å². The number of nitrogens with zero attached hydrogens (tertiary/aromatic N) is 3. The molecular formula is C22H35N5O2. The number of likely N-dealkylation sites (tertiary alicyclic amines) is 1. The number of carbonyl (C=O) groups excluding carboxylic acids is 1. The summed E-state index contributed by atoms with van der Waals surface area (Å²) in [4.78, 5) is 21.6. The molecule has 2 heterocycles. The van der Waals surface area contributed by atoms with Crippen LogP contribution in [0, 0.1) is 0 Å². The maximum absolute atomic E-state index is 12.6. The molecule has 3 rings (SSSR count). The zero-order chi connectivity index (χ0) is 20.3. The predicted molar refractivity (Wildman–Crippen MR) is 116 cm³/mol. The second kappa shape index (κ2) is 11.8. The van der Waals surface area contributed by atoms with Gasteiger partial charge in [-0.15, -0.1) is 0 Å². The van der Waals surface area contributed by atoms with Crippen molar-refractivity contribution >= 4 is 11.9 Å². The molecule has 0 spiro atoms. The summed E-state index contributed by atoms with van der Waals surface area (Å²) in [5.41, 5.74) is 1.88. The molecule has 7 heteroatoms. The van der Waals surface area contributed by atoms with E-state index in [9.17, 15) is 4.79 Å². The highest BCUT2D eigenvalue weighted by Crippen LogP contribution is 2.14. The first-order valence-electron chi connectivity index (χ1n) is 11.0. The minimum atomic E-state index is 0.151. The zero-order valence-electron chi connectivity index (χ0n) is 17.7. The van der Waals surface area contributed by atoms with Crippen LogP contribution in [0.1, 0.15) is 42.1 Å². The van der Waals surface area contributed by atoms with Gasteiger partial charge in [0.2, 0.25) is 0 Å². The van der Waals surface area contributed by atoms with Crippen molar-refractivity contribution in [3.8, 4) is 0 Å². The lowest BCUT2D eigenvalue weighted by molar-refractivity contribution is 0.0389. The minimum Gasteiger partial charge on any atom is -0.379 e. The van der Waals surface area contributed by atoms with Gasteiger partial charge in [-0.1, -0.05) is 12.1 Å². The quantitative estimate of drug-likeness (QED) is 0.538. The maximum Gasteiger partial charge on any atom is 0.253 e. The lowest BCUT2D eigenvalue weighted by Gasteiger charge is -2.26. The first kappa shape index (κ1) is 21.6. The highest BCUT2D eigenvalue weighted by atomic mass is 16.5. The van der Waals surface area contributed by atoms with E-state index in [2.05, 4.69) is 27.4 Å². The summed E-state index contributed by atoms with van der Waals surface area (Å²) in [5.74, 6) is 0.979. The molecule has 29 heavy (non-hydrogen) atoms. The smallest absolute Gasteiger partial charge is 0.253 e. The SMILES string of the molecule is CCNC(=NCc1ccc(C(=O)N2CCCCC2)cc1)NCCN1CCOCC1. The third kappa shape index (κ3) is 7.01. The molecule has 0 unspecified atom stereocenters. The summed E-state index contributed by atoms with van der Waals surface area (Å²) in [7, 11) is 0. The Morgan fingerprint density at radius 2 is 1.76 bits per heavy atom. The van der Waals surface area contributed by atoms with Crippen LogP contribution in [-0.4, -0.2) is 80.7 Å². The fourth-order valence-corrected chi connectivity index (χ4v) is 3.70. The second-order valence-corrected chi connectivity index (χ2v) is 7.63. The van der Waals surface area contributed by atoms with Crippen LogP contribution in [0.15, 0.2) is 29.3 Å². The van der Waals surface area contributed by atoms with Crippen molar-refractivity contribution in [2.75, 3.05) is 59.0 Å². The van der Waals surface area contributed by atoms with E-state index in [1.807, 2.05) is 29.2 Å². The molecule has 0 aliphatic carbocycles. The Labute approximate surface area is 174 Å². The largest absolute Gasteiger partial charge is 0.379 e. The van der Waals surface area contributed by atoms with Crippen molar-refractivity contribution in [3.63, 3.8) is 0 Å². The minimum absolute atomic E-state index is 0.151. The van der Waals surface area contributed by atoms with E-state index in [1.165, 1.54) is 6.42 Å². The molecule has 1 aromatic carbocycles. The highest BCUT2D eigenvalue weighted by Gasteiger charge is 2.17. The van der Waals surface area contributed by atoms with Crippen molar-refractivity contribution < 1.29 is 9.53 Å². The van der Waals surface area contributed by atoms with Gasteiger partial charge < -0.3 is 20.3 Å². The molecule has 2 N–H and O–H groups in total. The lowest BCUT2D eigenvalue weighted by Crippen LogP contribution is -2.44. The third-order valence-corrected chi connectivity index (χ3v) is 5.43. The molecule has 1 amide bonds. The second-order valence-electron chi connectivity index (χ2n) is 7.63. The van der Waals surface area contributed by atoms with E-state index in [0.717, 1.165) is 89.0 Å². The van der Waals surface area contributed by atoms with E-state index >= 15 is 0 Å². The molecular weight excluding hydrogens is 366 g/mol. The first-order valence-corrected chi connectivity index (χ1v) is 11.0. The van der Waals surface area contributed by atoms with Gasteiger partial charge in [0.15, 0.2) is 5.96 Å². The number of benzene rings is 1. The molecule has 160 valence electrons. The number of amides is 1. The van der Waals surface area contributed by atoms with Crippen molar-refractivity contribution in [2.45, 2.75) is 32.7 Å². The summed E-state index contributed by atoms with van der Waals surface area (Å²) in [6.45, 7) is 10.7. The van der Waals surface area contributed by atoms with Crippen molar-refractivity contribution in [1.82, 2.24) is 20.4 Å². The Balaban J connectivity index is 1.48. The van der Waals surface area contributed by atoms with Crippen molar-refractivity contribution in [1.29, 1.82) is 0 Å². The summed E-state index contributed by atoms with van der Waals surface area (Å²) in [6, 6.07) is 7.89. The average molecular weight is 402 g/mol. The molecule has 0 bridgehead atoms. The summed E-state index contributed by atoms with van der Waals surface area (Å²) < 4.78 is 5.39. The number of aliphatic imine (C=N–C) groups is 1. The Hall–Kier alpha value is -2.12. The summed E-state index contributed by atoms with van der Waals surface area (Å²) >= 11 is 0. The third-order valence-electron chi connectivity index (χ3n) is 5.43. The molecule has 1 aromatic rings. The van der Waals surface area contributed by atoms with Gasteiger partial charge in [0, 0.05) is 51.4 Å². The molecule has 0 atom stereocenters. The lowest BCUT2D eigenvalue weighted by atomic mass is 10.1. The number of carbonyl (C=O) groups is 1. The van der Waals surface area contributed by atoms with Crippen LogP contribution in [0.3, 0.4) is 0 Å². The number of nitrogens with one attached hydrogen (secondary N) is 2. The Kier molecular flexibility index (Phi) is 8.77. The number of guanidine groups is 1. The van der Waals surface area contributed by atoms with E-state index in [0.29, 0.717) is 6.54 Å². The van der Waals surface area contributed by atoms with Gasteiger partial charge in [0.05, 0.1) is 19.8 Å². The van der Waals surface area contributed by atoms with Crippen molar-refractivity contribution in [3.05, 3.63) is 35.4 Å². The molecule has 0 aromatic heterocycles. The average Bonchev–Trinajstić information content (AvgIpc) is 2.78. The van der Waals surface area contributed by atoms with Gasteiger partial charge in [0.25, 0.3) is 5.91 Å². The van der Waals surface area contributed by atoms with Gasteiger partial charge in [0.1, 0.15) is 0 Å². The Morgan fingerprint density at radius 3 is 2.45 bits per heavy atom. The van der Waals surface area contributed by atoms with Crippen LogP contribution in [0.4, 0.5) is 0 Å². The predicted octanol–water partition coefficient (Wildman–Crippen LogP) is 1.70. The standard InChI is InChI=1S/C22H35N5O2/c1-2-23-22(24-10-13-26-14-16-29-17-15-26)25-18-19-6-8-20(9-7-19)21(28)27-11-4-3-5-12-27/h6-9H,2-5,10-18H2,1H3,(H2,23,24,25). The Bertz CT molecular complexity index is 650. The van der Waals surface area contributed by atoms with Gasteiger partial charge in [-0.05, 0) is 43.9 Å². The maximum atomic E-state index is 12.6. The van der Waals surface area contributed by atoms with Crippen LogP contribution in [0.2, 0.25) is 0 Å². The van der Waals surface area contributed by atoms with Crippen LogP contribution in [-0.2, 0) is 11.3 Å². The highest BCUT2D eigenvalue weighted by molar-refractivity contribution is 5.94. The van der Waals surface area contributed by atoms with E-state index in [4.69, 9.17) is 4.74 Å². The molecule has 2 fully saturated rings. The first-order chi connectivity index (χ1) is 14.3. The fraction of sp³-hybridized carbons (Fsp3) is 0.636. The molecule has 0 saturated carbocycles.